The van der Waals surface area contributed by atoms with Crippen molar-refractivity contribution in [3.63, 3.8) is 0 Å². The van der Waals surface area contributed by atoms with Gasteiger partial charge in [0.15, 0.2) is 0 Å². The molecule has 3 aromatic rings. The van der Waals surface area contributed by atoms with Crippen LogP contribution in [0.15, 0.2) is 70.9 Å². The molecule has 152 valence electrons. The van der Waals surface area contributed by atoms with Crippen LogP contribution in [0.4, 0.5) is 4.39 Å². The van der Waals surface area contributed by atoms with E-state index >= 15 is 0 Å². The van der Waals surface area contributed by atoms with Gasteiger partial charge in [-0.15, -0.1) is 11.3 Å². The average Bonchev–Trinajstić information content (AvgIpc) is 3.21. The highest BCUT2D eigenvalue weighted by Gasteiger charge is 2.29. The van der Waals surface area contributed by atoms with E-state index < -0.39 is 33.2 Å². The summed E-state index contributed by atoms with van der Waals surface area (Å²) in [4.78, 5) is 12.9. The second-order valence-corrected chi connectivity index (χ2v) is 9.50. The Kier molecular flexibility index (Phi) is 7.02. The first-order chi connectivity index (χ1) is 13.9. The fourth-order valence-corrected chi connectivity index (χ4v) is 4.93. The van der Waals surface area contributed by atoms with Crippen molar-refractivity contribution in [2.45, 2.75) is 18.0 Å². The topological polar surface area (TPSA) is 66.5 Å². The maximum Gasteiger partial charge on any atom is 0.246 e. The molecular formula is C20H18ClFN2O3S2. The van der Waals surface area contributed by atoms with E-state index in [1.54, 1.807) is 24.3 Å². The Labute approximate surface area is 177 Å². The van der Waals surface area contributed by atoms with Crippen molar-refractivity contribution >= 4 is 38.9 Å². The molecular weight excluding hydrogens is 435 g/mol. The molecule has 0 unspecified atom stereocenters. The summed E-state index contributed by atoms with van der Waals surface area (Å²) < 4.78 is 41.3. The van der Waals surface area contributed by atoms with Gasteiger partial charge >= 0.3 is 0 Å². The van der Waals surface area contributed by atoms with Gasteiger partial charge in [-0.05, 0) is 35.2 Å². The minimum Gasteiger partial charge on any atom is -0.350 e. The summed E-state index contributed by atoms with van der Waals surface area (Å²) in [7, 11) is -4.27. The molecule has 0 atom stereocenters. The Morgan fingerprint density at radius 2 is 1.79 bits per heavy atom. The Morgan fingerprint density at radius 3 is 2.48 bits per heavy atom. The van der Waals surface area contributed by atoms with Gasteiger partial charge in [-0.2, -0.15) is 4.31 Å². The molecule has 0 aliphatic heterocycles. The molecule has 29 heavy (non-hydrogen) atoms. The second kappa shape index (κ2) is 9.49. The maximum absolute atomic E-state index is 14.2. The summed E-state index contributed by atoms with van der Waals surface area (Å²) in [6.45, 7) is -0.341. The maximum atomic E-state index is 14.2. The largest absolute Gasteiger partial charge is 0.350 e. The summed E-state index contributed by atoms with van der Waals surface area (Å²) >= 11 is 7.65. The van der Waals surface area contributed by atoms with Crippen LogP contribution >= 0.6 is 22.9 Å². The first-order valence-corrected chi connectivity index (χ1v) is 11.3. The third-order valence-electron chi connectivity index (χ3n) is 4.12. The number of hydrogen-bond donors (Lipinski definition) is 1. The standard InChI is InChI=1S/C20H18ClFN2O3S2/c21-17-8-2-1-6-15(17)13-24(14-20(25)23-12-16-7-5-11-28-16)29(26,27)19-10-4-3-9-18(19)22/h1-11H,12-14H2,(H,23,25). The summed E-state index contributed by atoms with van der Waals surface area (Å²) in [6, 6.07) is 15.5. The van der Waals surface area contributed by atoms with E-state index in [-0.39, 0.29) is 13.1 Å². The van der Waals surface area contributed by atoms with Crippen molar-refractivity contribution in [2.75, 3.05) is 6.54 Å². The molecule has 5 nitrogen and oxygen atoms in total. The predicted octanol–water partition coefficient (Wildman–Crippen LogP) is 4.05. The van der Waals surface area contributed by atoms with E-state index in [1.165, 1.54) is 29.5 Å². The lowest BCUT2D eigenvalue weighted by atomic mass is 10.2. The smallest absolute Gasteiger partial charge is 0.246 e. The minimum atomic E-state index is -4.27. The van der Waals surface area contributed by atoms with Gasteiger partial charge in [-0.1, -0.05) is 48.0 Å². The molecule has 0 saturated carbocycles. The van der Waals surface area contributed by atoms with Gasteiger partial charge in [-0.25, -0.2) is 12.8 Å². The number of nitrogens with one attached hydrogen (secondary N) is 1. The van der Waals surface area contributed by atoms with E-state index in [4.69, 9.17) is 11.6 Å². The van der Waals surface area contributed by atoms with Gasteiger partial charge < -0.3 is 5.32 Å². The molecule has 1 aromatic heterocycles. The molecule has 1 amide bonds. The first-order valence-electron chi connectivity index (χ1n) is 8.65. The van der Waals surface area contributed by atoms with Crippen molar-refractivity contribution in [2.24, 2.45) is 0 Å². The van der Waals surface area contributed by atoms with E-state index in [0.717, 1.165) is 15.2 Å². The zero-order valence-electron chi connectivity index (χ0n) is 15.2. The molecule has 0 bridgehead atoms. The molecule has 0 radical (unpaired) electrons. The number of hydrogen-bond acceptors (Lipinski definition) is 4. The second-order valence-electron chi connectivity index (χ2n) is 6.15. The Morgan fingerprint density at radius 1 is 1.07 bits per heavy atom. The van der Waals surface area contributed by atoms with Crippen LogP contribution in [0.25, 0.3) is 0 Å². The molecule has 1 heterocycles. The summed E-state index contributed by atoms with van der Waals surface area (Å²) in [5, 5.41) is 4.94. The summed E-state index contributed by atoms with van der Waals surface area (Å²) in [6.07, 6.45) is 0. The van der Waals surface area contributed by atoms with E-state index in [1.807, 2.05) is 17.5 Å². The van der Waals surface area contributed by atoms with Crippen LogP contribution < -0.4 is 5.32 Å². The predicted molar refractivity (Wildman–Crippen MR) is 112 cm³/mol. The molecule has 9 heteroatoms. The van der Waals surface area contributed by atoms with Gasteiger partial charge in [0.25, 0.3) is 0 Å². The minimum absolute atomic E-state index is 0.164. The lowest BCUT2D eigenvalue weighted by molar-refractivity contribution is -0.121. The lowest BCUT2D eigenvalue weighted by Gasteiger charge is -2.22. The molecule has 3 rings (SSSR count). The van der Waals surface area contributed by atoms with Crippen LogP contribution in [0.3, 0.4) is 0 Å². The van der Waals surface area contributed by atoms with Crippen LogP contribution in [0.2, 0.25) is 5.02 Å². The quantitative estimate of drug-likeness (QED) is 0.560. The fourth-order valence-electron chi connectivity index (χ4n) is 2.65. The van der Waals surface area contributed by atoms with Crippen molar-refractivity contribution in [3.8, 4) is 0 Å². The average molecular weight is 453 g/mol. The Balaban J connectivity index is 1.86. The van der Waals surface area contributed by atoms with Crippen LogP contribution in [0.1, 0.15) is 10.4 Å². The third-order valence-corrected chi connectivity index (χ3v) is 7.19. The van der Waals surface area contributed by atoms with Crippen molar-refractivity contribution in [1.82, 2.24) is 9.62 Å². The number of sulfonamides is 1. The SMILES string of the molecule is O=C(CN(Cc1ccccc1Cl)S(=O)(=O)c1ccccc1F)NCc1cccs1. The molecule has 0 aliphatic rings. The van der Waals surface area contributed by atoms with E-state index in [2.05, 4.69) is 5.32 Å². The number of carbonyl (C=O) groups excluding carboxylic acids is 1. The van der Waals surface area contributed by atoms with Gasteiger partial charge in [0.2, 0.25) is 15.9 Å². The van der Waals surface area contributed by atoms with Crippen molar-refractivity contribution in [3.05, 3.63) is 87.3 Å². The number of benzene rings is 2. The lowest BCUT2D eigenvalue weighted by Crippen LogP contribution is -2.40. The van der Waals surface area contributed by atoms with Crippen LogP contribution in [0.5, 0.6) is 0 Å². The Bertz CT molecular complexity index is 1090. The number of rotatable bonds is 8. The molecule has 0 aliphatic carbocycles. The van der Waals surface area contributed by atoms with Gasteiger partial charge in [-0.3, -0.25) is 4.79 Å². The number of carbonyl (C=O) groups is 1. The number of nitrogens with zero attached hydrogens (tertiary/aromatic N) is 1. The van der Waals surface area contributed by atoms with Gasteiger partial charge in [0.05, 0.1) is 13.1 Å². The van der Waals surface area contributed by atoms with Crippen molar-refractivity contribution < 1.29 is 17.6 Å². The fraction of sp³-hybridized carbons (Fsp3) is 0.150. The monoisotopic (exact) mass is 452 g/mol. The molecule has 2 aromatic carbocycles. The molecule has 1 N–H and O–H groups in total. The zero-order chi connectivity index (χ0) is 20.9. The summed E-state index contributed by atoms with van der Waals surface area (Å²) in [5.41, 5.74) is 0.514. The Hall–Kier alpha value is -2.26. The number of halogens is 2. The molecule has 0 fully saturated rings. The first kappa shape index (κ1) is 21.4. The van der Waals surface area contributed by atoms with Gasteiger partial charge in [0, 0.05) is 16.4 Å². The van der Waals surface area contributed by atoms with Crippen LogP contribution in [0, 0.1) is 5.82 Å². The van der Waals surface area contributed by atoms with E-state index in [0.29, 0.717) is 10.6 Å². The van der Waals surface area contributed by atoms with Gasteiger partial charge in [0.1, 0.15) is 10.7 Å². The highest BCUT2D eigenvalue weighted by molar-refractivity contribution is 7.89. The number of amides is 1. The molecule has 0 spiro atoms. The normalized spacial score (nSPS) is 11.6. The van der Waals surface area contributed by atoms with Crippen molar-refractivity contribution in [1.29, 1.82) is 0 Å². The molecule has 0 saturated heterocycles. The van der Waals surface area contributed by atoms with Crippen LogP contribution in [-0.2, 0) is 27.9 Å². The highest BCUT2D eigenvalue weighted by atomic mass is 35.5. The highest BCUT2D eigenvalue weighted by Crippen LogP contribution is 2.24. The van der Waals surface area contributed by atoms with E-state index in [9.17, 15) is 17.6 Å². The zero-order valence-corrected chi connectivity index (χ0v) is 17.6. The third kappa shape index (κ3) is 5.42. The summed E-state index contributed by atoms with van der Waals surface area (Å²) in [5.74, 6) is -1.37. The van der Waals surface area contributed by atoms with Crippen LogP contribution in [-0.4, -0.2) is 25.2 Å². The number of thiophene rings is 1.